The van der Waals surface area contributed by atoms with Gasteiger partial charge in [0.25, 0.3) is 0 Å². The van der Waals surface area contributed by atoms with Gasteiger partial charge in [-0.3, -0.25) is 0 Å². The number of hydrogen-bond donors (Lipinski definition) is 0. The van der Waals surface area contributed by atoms with Gasteiger partial charge < -0.3 is 14.2 Å². The first kappa shape index (κ1) is 10.1. The first-order chi connectivity index (χ1) is 6.07. The standard InChI is InChI=1S/C9H14O4/c1-7(8(10)11-3)13-6-9(2)4-12-5-9/h1,4-6H2,2-3H3. The maximum Gasteiger partial charge on any atom is 0.372 e. The zero-order valence-electron chi connectivity index (χ0n) is 7.96. The van der Waals surface area contributed by atoms with Crippen LogP contribution in [0.4, 0.5) is 0 Å². The fourth-order valence-corrected chi connectivity index (χ4v) is 0.968. The third-order valence-electron chi connectivity index (χ3n) is 1.91. The number of methoxy groups -OCH3 is 1. The molecule has 4 heteroatoms. The molecular formula is C9H14O4. The maximum atomic E-state index is 10.9. The van der Waals surface area contributed by atoms with E-state index in [9.17, 15) is 4.79 Å². The zero-order chi connectivity index (χ0) is 9.90. The summed E-state index contributed by atoms with van der Waals surface area (Å²) in [7, 11) is 1.30. The minimum absolute atomic E-state index is 0.0248. The SMILES string of the molecule is C=C(OCC1(C)COC1)C(=O)OC. The number of hydrogen-bond acceptors (Lipinski definition) is 4. The van der Waals surface area contributed by atoms with Crippen LogP contribution in [0.1, 0.15) is 6.92 Å². The van der Waals surface area contributed by atoms with Gasteiger partial charge in [0.05, 0.1) is 26.9 Å². The van der Waals surface area contributed by atoms with Gasteiger partial charge in [-0.2, -0.15) is 0 Å². The minimum atomic E-state index is -0.524. The van der Waals surface area contributed by atoms with Crippen molar-refractivity contribution in [2.75, 3.05) is 26.9 Å². The first-order valence-electron chi connectivity index (χ1n) is 4.05. The molecule has 0 radical (unpaired) electrons. The Morgan fingerprint density at radius 2 is 2.23 bits per heavy atom. The van der Waals surface area contributed by atoms with E-state index in [4.69, 9.17) is 9.47 Å². The van der Waals surface area contributed by atoms with Crippen LogP contribution in [-0.2, 0) is 19.0 Å². The molecule has 0 N–H and O–H groups in total. The molecule has 13 heavy (non-hydrogen) atoms. The van der Waals surface area contributed by atoms with Crippen LogP contribution in [0.2, 0.25) is 0 Å². The Kier molecular flexibility index (Phi) is 2.93. The van der Waals surface area contributed by atoms with E-state index in [2.05, 4.69) is 11.3 Å². The van der Waals surface area contributed by atoms with Crippen molar-refractivity contribution in [3.05, 3.63) is 12.3 Å². The summed E-state index contributed by atoms with van der Waals surface area (Å²) in [6.45, 7) is 7.26. The number of esters is 1. The number of ether oxygens (including phenoxy) is 3. The van der Waals surface area contributed by atoms with Gasteiger partial charge in [-0.25, -0.2) is 4.79 Å². The smallest absolute Gasteiger partial charge is 0.372 e. The second kappa shape index (κ2) is 3.79. The molecule has 0 atom stereocenters. The highest BCUT2D eigenvalue weighted by molar-refractivity contribution is 5.85. The van der Waals surface area contributed by atoms with Gasteiger partial charge in [0.1, 0.15) is 0 Å². The predicted molar refractivity (Wildman–Crippen MR) is 46.0 cm³/mol. The Morgan fingerprint density at radius 1 is 1.62 bits per heavy atom. The largest absolute Gasteiger partial charge is 0.486 e. The summed E-state index contributed by atoms with van der Waals surface area (Å²) >= 11 is 0. The number of carbonyl (C=O) groups excluding carboxylic acids is 1. The van der Waals surface area contributed by atoms with E-state index in [-0.39, 0.29) is 11.2 Å². The summed E-state index contributed by atoms with van der Waals surface area (Å²) in [6, 6.07) is 0. The second-order valence-electron chi connectivity index (χ2n) is 3.51. The Labute approximate surface area is 77.5 Å². The fraction of sp³-hybridized carbons (Fsp3) is 0.667. The summed E-state index contributed by atoms with van der Waals surface area (Å²) in [5, 5.41) is 0. The molecule has 1 saturated heterocycles. The average Bonchev–Trinajstić information content (AvgIpc) is 2.09. The van der Waals surface area contributed by atoms with Crippen molar-refractivity contribution in [3.63, 3.8) is 0 Å². The molecule has 4 nitrogen and oxygen atoms in total. The molecule has 0 unspecified atom stereocenters. The van der Waals surface area contributed by atoms with Crippen molar-refractivity contribution in [2.24, 2.45) is 5.41 Å². The molecule has 1 aliphatic heterocycles. The van der Waals surface area contributed by atoms with Crippen LogP contribution in [0.25, 0.3) is 0 Å². The Hall–Kier alpha value is -1.03. The van der Waals surface area contributed by atoms with E-state index in [0.29, 0.717) is 19.8 Å². The Bertz CT molecular complexity index is 218. The van der Waals surface area contributed by atoms with Crippen LogP contribution in [0.5, 0.6) is 0 Å². The van der Waals surface area contributed by atoms with Crippen LogP contribution in [0, 0.1) is 5.41 Å². The molecule has 0 amide bonds. The van der Waals surface area contributed by atoms with Gasteiger partial charge in [0.15, 0.2) is 5.76 Å². The van der Waals surface area contributed by atoms with E-state index in [1.54, 1.807) is 0 Å². The third kappa shape index (κ3) is 2.45. The zero-order valence-corrected chi connectivity index (χ0v) is 7.96. The van der Waals surface area contributed by atoms with Crippen molar-refractivity contribution >= 4 is 5.97 Å². The lowest BCUT2D eigenvalue weighted by atomic mass is 9.90. The molecular weight excluding hydrogens is 172 g/mol. The predicted octanol–water partition coefficient (Wildman–Crippen LogP) is 0.726. The topological polar surface area (TPSA) is 44.8 Å². The Balaban J connectivity index is 2.25. The third-order valence-corrected chi connectivity index (χ3v) is 1.91. The molecule has 74 valence electrons. The van der Waals surface area contributed by atoms with Gasteiger partial charge in [0.2, 0.25) is 0 Å². The molecule has 1 rings (SSSR count). The van der Waals surface area contributed by atoms with Crippen molar-refractivity contribution < 1.29 is 19.0 Å². The maximum absolute atomic E-state index is 10.9. The van der Waals surface area contributed by atoms with Crippen molar-refractivity contribution in [1.82, 2.24) is 0 Å². The molecule has 1 fully saturated rings. The quantitative estimate of drug-likeness (QED) is 0.369. The van der Waals surface area contributed by atoms with E-state index in [0.717, 1.165) is 0 Å². The molecule has 0 aromatic heterocycles. The molecule has 0 aromatic carbocycles. The molecule has 1 aliphatic rings. The molecule has 0 saturated carbocycles. The number of rotatable bonds is 4. The van der Waals surface area contributed by atoms with Gasteiger partial charge in [-0.1, -0.05) is 6.92 Å². The highest BCUT2D eigenvalue weighted by Gasteiger charge is 2.34. The lowest BCUT2D eigenvalue weighted by Crippen LogP contribution is -2.43. The lowest BCUT2D eigenvalue weighted by Gasteiger charge is -2.37. The van der Waals surface area contributed by atoms with Crippen LogP contribution in [0.3, 0.4) is 0 Å². The normalized spacial score (nSPS) is 18.6. The molecule has 1 heterocycles. The van der Waals surface area contributed by atoms with E-state index in [1.807, 2.05) is 6.92 Å². The minimum Gasteiger partial charge on any atom is -0.486 e. The summed E-state index contributed by atoms with van der Waals surface area (Å²) in [4.78, 5) is 10.9. The van der Waals surface area contributed by atoms with Crippen LogP contribution < -0.4 is 0 Å². The van der Waals surface area contributed by atoms with E-state index < -0.39 is 5.97 Å². The second-order valence-corrected chi connectivity index (χ2v) is 3.51. The van der Waals surface area contributed by atoms with Gasteiger partial charge >= 0.3 is 5.97 Å². The molecule has 0 aliphatic carbocycles. The average molecular weight is 186 g/mol. The van der Waals surface area contributed by atoms with Crippen molar-refractivity contribution in [3.8, 4) is 0 Å². The lowest BCUT2D eigenvalue weighted by molar-refractivity contribution is -0.148. The Morgan fingerprint density at radius 3 is 2.62 bits per heavy atom. The fourth-order valence-electron chi connectivity index (χ4n) is 0.968. The van der Waals surface area contributed by atoms with Gasteiger partial charge in [-0.05, 0) is 6.58 Å². The monoisotopic (exact) mass is 186 g/mol. The van der Waals surface area contributed by atoms with Crippen LogP contribution in [-0.4, -0.2) is 32.9 Å². The van der Waals surface area contributed by atoms with Gasteiger partial charge in [0, 0.05) is 5.41 Å². The number of carbonyl (C=O) groups is 1. The summed E-state index contributed by atoms with van der Waals surface area (Å²) in [6.07, 6.45) is 0. The first-order valence-corrected chi connectivity index (χ1v) is 4.05. The van der Waals surface area contributed by atoms with E-state index in [1.165, 1.54) is 7.11 Å². The summed E-state index contributed by atoms with van der Waals surface area (Å²) < 4.78 is 14.6. The highest BCUT2D eigenvalue weighted by Crippen LogP contribution is 2.27. The van der Waals surface area contributed by atoms with Crippen molar-refractivity contribution in [2.45, 2.75) is 6.92 Å². The molecule has 0 bridgehead atoms. The summed E-state index contributed by atoms with van der Waals surface area (Å²) in [5.41, 5.74) is 0.0248. The highest BCUT2D eigenvalue weighted by atomic mass is 16.6. The summed E-state index contributed by atoms with van der Waals surface area (Å²) in [5.74, 6) is -0.473. The van der Waals surface area contributed by atoms with Gasteiger partial charge in [-0.15, -0.1) is 0 Å². The van der Waals surface area contributed by atoms with Crippen molar-refractivity contribution in [1.29, 1.82) is 0 Å². The molecule has 0 aromatic rings. The van der Waals surface area contributed by atoms with E-state index >= 15 is 0 Å². The molecule has 0 spiro atoms. The van der Waals surface area contributed by atoms with Crippen LogP contribution >= 0.6 is 0 Å². The van der Waals surface area contributed by atoms with Crippen LogP contribution in [0.15, 0.2) is 12.3 Å².